The smallest absolute Gasteiger partial charge is 0.247 e. The van der Waals surface area contributed by atoms with Gasteiger partial charge in [0.15, 0.2) is 6.19 Å². The number of hydrogen-bond acceptors (Lipinski definition) is 8. The first-order valence-electron chi connectivity index (χ1n) is 10.5. The zero-order valence-electron chi connectivity index (χ0n) is 16.8. The Bertz CT molecular complexity index is 806. The monoisotopic (exact) mass is 396 g/mol. The molecular formula is C20H28N8O. The van der Waals surface area contributed by atoms with Crippen molar-refractivity contribution >= 4 is 11.7 Å². The van der Waals surface area contributed by atoms with Crippen LogP contribution in [0.5, 0.6) is 0 Å². The number of hydrogen-bond donors (Lipinski definition) is 2. The van der Waals surface area contributed by atoms with Gasteiger partial charge in [-0.15, -0.1) is 0 Å². The Kier molecular flexibility index (Phi) is 4.87. The maximum absolute atomic E-state index is 13.1. The van der Waals surface area contributed by atoms with Crippen LogP contribution in [0.2, 0.25) is 0 Å². The molecule has 0 aromatic carbocycles. The van der Waals surface area contributed by atoms with Crippen molar-refractivity contribution in [1.82, 2.24) is 30.5 Å². The van der Waals surface area contributed by atoms with Gasteiger partial charge in [-0.1, -0.05) is 6.07 Å². The summed E-state index contributed by atoms with van der Waals surface area (Å²) < 4.78 is 0. The number of rotatable bonds is 2. The van der Waals surface area contributed by atoms with E-state index < -0.39 is 0 Å². The number of carbonyl (C=O) groups is 1. The minimum absolute atomic E-state index is 0.0482. The quantitative estimate of drug-likeness (QED) is 0.639. The maximum Gasteiger partial charge on any atom is 0.247 e. The Morgan fingerprint density at radius 1 is 1.24 bits per heavy atom. The molecule has 0 bridgehead atoms. The fourth-order valence-corrected chi connectivity index (χ4v) is 5.33. The lowest BCUT2D eigenvalue weighted by Gasteiger charge is -2.44. The minimum atomic E-state index is -0.252. The van der Waals surface area contributed by atoms with Crippen molar-refractivity contribution in [2.75, 3.05) is 57.8 Å². The van der Waals surface area contributed by atoms with Crippen LogP contribution < -0.4 is 15.6 Å². The first-order chi connectivity index (χ1) is 14.2. The number of nitrogens with zero attached hydrogens (tertiary/aromatic N) is 6. The molecule has 2 N–H and O–H groups in total. The predicted molar refractivity (Wildman–Crippen MR) is 108 cm³/mol. The number of hydrazine groups is 1. The topological polar surface area (TPSA) is 90.8 Å². The summed E-state index contributed by atoms with van der Waals surface area (Å²) >= 11 is 0. The SMILES string of the molecule is CN1NCC2CCNC(c3ccc(N4CCN5CCN(C#N)C[C@@H]5C4=O)nc3)C21. The number of pyridine rings is 1. The third-order valence-electron chi connectivity index (χ3n) is 6.95. The summed E-state index contributed by atoms with van der Waals surface area (Å²) in [6.07, 6.45) is 5.29. The van der Waals surface area contributed by atoms with Crippen LogP contribution in [0, 0.1) is 17.4 Å². The van der Waals surface area contributed by atoms with E-state index in [4.69, 9.17) is 0 Å². The summed E-state index contributed by atoms with van der Waals surface area (Å²) in [5.41, 5.74) is 4.62. The van der Waals surface area contributed by atoms with Crippen molar-refractivity contribution < 1.29 is 4.79 Å². The number of amides is 1. The second kappa shape index (κ2) is 7.54. The van der Waals surface area contributed by atoms with Crippen LogP contribution in [0.15, 0.2) is 18.3 Å². The van der Waals surface area contributed by atoms with Crippen LogP contribution in [0.4, 0.5) is 5.82 Å². The fourth-order valence-electron chi connectivity index (χ4n) is 5.33. The molecule has 0 radical (unpaired) electrons. The lowest BCUT2D eigenvalue weighted by molar-refractivity contribution is -0.127. The van der Waals surface area contributed by atoms with Gasteiger partial charge in [0.1, 0.15) is 11.9 Å². The number of carbonyl (C=O) groups excluding carboxylic acids is 1. The minimum Gasteiger partial charge on any atom is -0.309 e. The van der Waals surface area contributed by atoms with E-state index in [1.165, 1.54) is 12.0 Å². The summed E-state index contributed by atoms with van der Waals surface area (Å²) in [6.45, 7) is 5.45. The average Bonchev–Trinajstić information content (AvgIpc) is 3.15. The molecule has 4 fully saturated rings. The molecule has 0 aliphatic carbocycles. The zero-order valence-corrected chi connectivity index (χ0v) is 16.8. The maximum atomic E-state index is 13.1. The van der Waals surface area contributed by atoms with Gasteiger partial charge in [-0.2, -0.15) is 5.26 Å². The van der Waals surface area contributed by atoms with E-state index in [9.17, 15) is 10.1 Å². The zero-order chi connectivity index (χ0) is 20.0. The van der Waals surface area contributed by atoms with Crippen molar-refractivity contribution in [3.8, 4) is 6.19 Å². The summed E-state index contributed by atoms with van der Waals surface area (Å²) in [6, 6.07) is 4.49. The van der Waals surface area contributed by atoms with E-state index in [1.807, 2.05) is 12.3 Å². The van der Waals surface area contributed by atoms with Gasteiger partial charge in [-0.25, -0.2) is 9.99 Å². The van der Waals surface area contributed by atoms with E-state index in [-0.39, 0.29) is 18.0 Å². The van der Waals surface area contributed by atoms with E-state index in [1.54, 1.807) is 9.80 Å². The molecule has 1 amide bonds. The second-order valence-corrected chi connectivity index (χ2v) is 8.48. The van der Waals surface area contributed by atoms with Crippen molar-refractivity contribution in [3.63, 3.8) is 0 Å². The van der Waals surface area contributed by atoms with Gasteiger partial charge < -0.3 is 10.2 Å². The number of piperazine rings is 2. The number of nitrogens with one attached hydrogen (secondary N) is 2. The highest BCUT2D eigenvalue weighted by Crippen LogP contribution is 2.33. The molecule has 3 unspecified atom stereocenters. The lowest BCUT2D eigenvalue weighted by atomic mass is 9.85. The van der Waals surface area contributed by atoms with Gasteiger partial charge in [0.05, 0.1) is 12.6 Å². The molecule has 1 aromatic heterocycles. The van der Waals surface area contributed by atoms with Crippen LogP contribution in [0.1, 0.15) is 18.0 Å². The van der Waals surface area contributed by atoms with E-state index in [2.05, 4.69) is 44.9 Å². The molecule has 9 heteroatoms. The number of likely N-dealkylation sites (N-methyl/N-ethyl adjacent to an activating group) is 1. The Labute approximate surface area is 171 Å². The molecule has 4 saturated heterocycles. The van der Waals surface area contributed by atoms with Crippen LogP contribution >= 0.6 is 0 Å². The molecular weight excluding hydrogens is 368 g/mol. The summed E-state index contributed by atoms with van der Waals surface area (Å²) in [5, 5.41) is 15.1. The molecule has 4 aliphatic rings. The first kappa shape index (κ1) is 18.8. The summed E-state index contributed by atoms with van der Waals surface area (Å²) in [5.74, 6) is 1.40. The Balaban J connectivity index is 1.33. The standard InChI is InChI=1S/C20H28N8O/c1-25-19-15(11-24-25)4-5-22-18(19)14-2-3-17(23-10-14)28-9-8-27-7-6-26(13-21)12-16(27)20(28)29/h2-3,10,15-16,18-19,22,24H,4-9,11-12H2,1H3/t15?,16-,18?,19?/m1/s1. The number of anilines is 1. The third kappa shape index (κ3) is 3.26. The van der Waals surface area contributed by atoms with Gasteiger partial charge >= 0.3 is 0 Å². The lowest BCUT2D eigenvalue weighted by Crippen LogP contribution is -2.64. The molecule has 9 nitrogen and oxygen atoms in total. The fraction of sp³-hybridized carbons (Fsp3) is 0.650. The molecule has 4 atom stereocenters. The van der Waals surface area contributed by atoms with Crippen LogP contribution in [0.3, 0.4) is 0 Å². The molecule has 29 heavy (non-hydrogen) atoms. The predicted octanol–water partition coefficient (Wildman–Crippen LogP) is -0.635. The first-order valence-corrected chi connectivity index (χ1v) is 10.5. The number of fused-ring (bicyclic) bond motifs is 2. The van der Waals surface area contributed by atoms with Crippen LogP contribution in [-0.4, -0.2) is 90.6 Å². The van der Waals surface area contributed by atoms with Gasteiger partial charge in [-0.3, -0.25) is 20.0 Å². The molecule has 0 saturated carbocycles. The van der Waals surface area contributed by atoms with Crippen LogP contribution in [0.25, 0.3) is 0 Å². The highest BCUT2D eigenvalue weighted by molar-refractivity contribution is 5.97. The number of nitriles is 1. The van der Waals surface area contributed by atoms with Crippen molar-refractivity contribution in [3.05, 3.63) is 23.9 Å². The van der Waals surface area contributed by atoms with Crippen molar-refractivity contribution in [1.29, 1.82) is 5.26 Å². The second-order valence-electron chi connectivity index (χ2n) is 8.48. The van der Waals surface area contributed by atoms with Crippen molar-refractivity contribution in [2.45, 2.75) is 24.5 Å². The van der Waals surface area contributed by atoms with Gasteiger partial charge in [-0.05, 0) is 30.5 Å². The summed E-state index contributed by atoms with van der Waals surface area (Å²) in [7, 11) is 2.11. The molecule has 5 heterocycles. The normalized spacial score (nSPS) is 33.3. The highest BCUT2D eigenvalue weighted by atomic mass is 16.2. The van der Waals surface area contributed by atoms with E-state index in [0.717, 1.165) is 26.2 Å². The molecule has 5 rings (SSSR count). The Morgan fingerprint density at radius 3 is 2.90 bits per heavy atom. The van der Waals surface area contributed by atoms with Gasteiger partial charge in [0, 0.05) is 52.0 Å². The largest absolute Gasteiger partial charge is 0.309 e. The van der Waals surface area contributed by atoms with E-state index >= 15 is 0 Å². The van der Waals surface area contributed by atoms with Gasteiger partial charge in [0.25, 0.3) is 0 Å². The Hall–Kier alpha value is -2.25. The average molecular weight is 396 g/mol. The van der Waals surface area contributed by atoms with E-state index in [0.29, 0.717) is 37.4 Å². The summed E-state index contributed by atoms with van der Waals surface area (Å²) in [4.78, 5) is 23.4. The number of aromatic nitrogens is 1. The molecule has 0 spiro atoms. The molecule has 4 aliphatic heterocycles. The molecule has 154 valence electrons. The van der Waals surface area contributed by atoms with Crippen molar-refractivity contribution in [2.24, 2.45) is 5.92 Å². The van der Waals surface area contributed by atoms with Crippen LogP contribution in [-0.2, 0) is 4.79 Å². The number of piperidine rings is 1. The highest BCUT2D eigenvalue weighted by Gasteiger charge is 2.42. The van der Waals surface area contributed by atoms with Gasteiger partial charge in [0.2, 0.25) is 5.91 Å². The molecule has 1 aromatic rings. The third-order valence-corrected chi connectivity index (χ3v) is 6.95. The Morgan fingerprint density at radius 2 is 2.10 bits per heavy atom.